The van der Waals surface area contributed by atoms with Crippen LogP contribution in [0.25, 0.3) is 0 Å². The normalized spacial score (nSPS) is 23.4. The second kappa shape index (κ2) is 6.12. The SMILES string of the molecule is CCC1CCN(c2nc(Cl)nc(N3CCCCC3)n2)C1. The summed E-state index contributed by atoms with van der Waals surface area (Å²) in [5.41, 5.74) is 0. The van der Waals surface area contributed by atoms with Gasteiger partial charge in [0.25, 0.3) is 0 Å². The Kier molecular flexibility index (Phi) is 4.24. The maximum Gasteiger partial charge on any atom is 0.231 e. The van der Waals surface area contributed by atoms with Gasteiger partial charge in [0.1, 0.15) is 0 Å². The molecule has 1 unspecified atom stereocenters. The van der Waals surface area contributed by atoms with E-state index in [-0.39, 0.29) is 0 Å². The molecule has 2 aliphatic heterocycles. The summed E-state index contributed by atoms with van der Waals surface area (Å²) < 4.78 is 0. The van der Waals surface area contributed by atoms with Gasteiger partial charge in [-0.1, -0.05) is 13.3 Å². The Balaban J connectivity index is 1.79. The number of hydrogen-bond donors (Lipinski definition) is 0. The third kappa shape index (κ3) is 2.97. The highest BCUT2D eigenvalue weighted by Crippen LogP contribution is 2.25. The van der Waals surface area contributed by atoms with Crippen LogP contribution in [0.2, 0.25) is 5.28 Å². The lowest BCUT2D eigenvalue weighted by molar-refractivity contribution is 0.564. The third-order valence-corrected chi connectivity index (χ3v) is 4.54. The lowest BCUT2D eigenvalue weighted by Gasteiger charge is -2.27. The molecule has 2 aliphatic rings. The van der Waals surface area contributed by atoms with Crippen LogP contribution in [-0.2, 0) is 0 Å². The zero-order valence-electron chi connectivity index (χ0n) is 12.1. The van der Waals surface area contributed by atoms with Crippen molar-refractivity contribution in [3.8, 4) is 0 Å². The quantitative estimate of drug-likeness (QED) is 0.858. The Labute approximate surface area is 125 Å². The summed E-state index contributed by atoms with van der Waals surface area (Å²) in [7, 11) is 0. The van der Waals surface area contributed by atoms with Gasteiger partial charge in [0.2, 0.25) is 17.2 Å². The first-order chi connectivity index (χ1) is 9.76. The van der Waals surface area contributed by atoms with Crippen molar-refractivity contribution in [2.24, 2.45) is 5.92 Å². The second-order valence-corrected chi connectivity index (χ2v) is 6.10. The van der Waals surface area contributed by atoms with E-state index < -0.39 is 0 Å². The van der Waals surface area contributed by atoms with Crippen molar-refractivity contribution >= 4 is 23.5 Å². The van der Waals surface area contributed by atoms with E-state index >= 15 is 0 Å². The van der Waals surface area contributed by atoms with Gasteiger partial charge in [0, 0.05) is 26.2 Å². The van der Waals surface area contributed by atoms with E-state index in [0.29, 0.717) is 5.28 Å². The number of nitrogens with zero attached hydrogens (tertiary/aromatic N) is 5. The van der Waals surface area contributed by atoms with E-state index in [1.807, 2.05) is 0 Å². The van der Waals surface area contributed by atoms with Gasteiger partial charge in [-0.3, -0.25) is 0 Å². The molecule has 1 aromatic rings. The van der Waals surface area contributed by atoms with Crippen LogP contribution in [0.5, 0.6) is 0 Å². The summed E-state index contributed by atoms with van der Waals surface area (Å²) in [4.78, 5) is 17.8. The number of rotatable bonds is 3. The Morgan fingerprint density at radius 2 is 1.70 bits per heavy atom. The molecule has 0 amide bonds. The number of halogens is 1. The summed E-state index contributed by atoms with van der Waals surface area (Å²) in [5.74, 6) is 2.25. The Bertz CT molecular complexity index is 461. The Hall–Kier alpha value is -1.10. The molecule has 0 aromatic carbocycles. The van der Waals surface area contributed by atoms with E-state index in [4.69, 9.17) is 11.6 Å². The predicted molar refractivity (Wildman–Crippen MR) is 81.5 cm³/mol. The maximum absolute atomic E-state index is 6.10. The van der Waals surface area contributed by atoms with Gasteiger partial charge in [-0.2, -0.15) is 15.0 Å². The van der Waals surface area contributed by atoms with E-state index in [1.165, 1.54) is 32.1 Å². The van der Waals surface area contributed by atoms with Crippen LogP contribution >= 0.6 is 11.6 Å². The number of anilines is 2. The van der Waals surface area contributed by atoms with Crippen molar-refractivity contribution in [3.05, 3.63) is 5.28 Å². The Morgan fingerprint density at radius 1 is 1.00 bits per heavy atom. The highest BCUT2D eigenvalue weighted by atomic mass is 35.5. The second-order valence-electron chi connectivity index (χ2n) is 5.76. The van der Waals surface area contributed by atoms with Crippen molar-refractivity contribution in [2.45, 2.75) is 39.0 Å². The van der Waals surface area contributed by atoms with Crippen molar-refractivity contribution < 1.29 is 0 Å². The molecule has 3 rings (SSSR count). The van der Waals surface area contributed by atoms with Crippen LogP contribution in [0.4, 0.5) is 11.9 Å². The predicted octanol–water partition coefficient (Wildman–Crippen LogP) is 2.75. The molecule has 0 saturated carbocycles. The molecule has 0 spiro atoms. The van der Waals surface area contributed by atoms with Crippen LogP contribution in [0, 0.1) is 5.92 Å². The lowest BCUT2D eigenvalue weighted by atomic mass is 10.1. The first kappa shape index (κ1) is 13.9. The Morgan fingerprint density at radius 3 is 2.35 bits per heavy atom. The highest BCUT2D eigenvalue weighted by molar-refractivity contribution is 6.28. The fraction of sp³-hybridized carbons (Fsp3) is 0.786. The summed E-state index contributed by atoms with van der Waals surface area (Å²) in [6, 6.07) is 0. The molecule has 0 aliphatic carbocycles. The molecule has 0 N–H and O–H groups in total. The van der Waals surface area contributed by atoms with Gasteiger partial charge < -0.3 is 9.80 Å². The summed E-state index contributed by atoms with van der Waals surface area (Å²) in [6.45, 7) is 6.36. The first-order valence-electron chi connectivity index (χ1n) is 7.67. The number of aromatic nitrogens is 3. The van der Waals surface area contributed by atoms with E-state index in [2.05, 4.69) is 31.7 Å². The minimum Gasteiger partial charge on any atom is -0.341 e. The van der Waals surface area contributed by atoms with E-state index in [1.54, 1.807) is 0 Å². The molecule has 2 fully saturated rings. The molecule has 0 radical (unpaired) electrons. The maximum atomic E-state index is 6.10. The van der Waals surface area contributed by atoms with Gasteiger partial charge in [0.05, 0.1) is 0 Å². The van der Waals surface area contributed by atoms with Gasteiger partial charge in [0.15, 0.2) is 0 Å². The van der Waals surface area contributed by atoms with Gasteiger partial charge in [-0.25, -0.2) is 0 Å². The zero-order valence-corrected chi connectivity index (χ0v) is 12.8. The molecule has 3 heterocycles. The van der Waals surface area contributed by atoms with Gasteiger partial charge in [-0.15, -0.1) is 0 Å². The average Bonchev–Trinajstić information content (AvgIpc) is 2.96. The summed E-state index contributed by atoms with van der Waals surface area (Å²) in [5, 5.41) is 0.315. The van der Waals surface area contributed by atoms with Crippen molar-refractivity contribution in [1.82, 2.24) is 15.0 Å². The van der Waals surface area contributed by atoms with Crippen LogP contribution < -0.4 is 9.80 Å². The van der Waals surface area contributed by atoms with Gasteiger partial charge in [-0.05, 0) is 43.2 Å². The average molecular weight is 296 g/mol. The first-order valence-corrected chi connectivity index (χ1v) is 8.05. The molecule has 1 atom stereocenters. The molecule has 110 valence electrons. The van der Waals surface area contributed by atoms with Crippen molar-refractivity contribution in [1.29, 1.82) is 0 Å². The molecule has 20 heavy (non-hydrogen) atoms. The van der Waals surface area contributed by atoms with E-state index in [0.717, 1.165) is 44.0 Å². The molecule has 1 aromatic heterocycles. The van der Waals surface area contributed by atoms with Crippen molar-refractivity contribution in [3.63, 3.8) is 0 Å². The van der Waals surface area contributed by atoms with Gasteiger partial charge >= 0.3 is 0 Å². The monoisotopic (exact) mass is 295 g/mol. The fourth-order valence-electron chi connectivity index (χ4n) is 3.05. The molecule has 5 nitrogen and oxygen atoms in total. The number of hydrogen-bond acceptors (Lipinski definition) is 5. The third-order valence-electron chi connectivity index (χ3n) is 4.37. The minimum absolute atomic E-state index is 0.315. The molecule has 2 saturated heterocycles. The smallest absolute Gasteiger partial charge is 0.231 e. The zero-order chi connectivity index (χ0) is 13.9. The van der Waals surface area contributed by atoms with Crippen molar-refractivity contribution in [2.75, 3.05) is 36.0 Å². The lowest BCUT2D eigenvalue weighted by Crippen LogP contribution is -2.32. The summed E-state index contributed by atoms with van der Waals surface area (Å²) in [6.07, 6.45) is 6.15. The molecule has 0 bridgehead atoms. The van der Waals surface area contributed by atoms with E-state index in [9.17, 15) is 0 Å². The fourth-order valence-corrected chi connectivity index (χ4v) is 3.20. The van der Waals surface area contributed by atoms with Crippen LogP contribution in [0.15, 0.2) is 0 Å². The van der Waals surface area contributed by atoms with Crippen LogP contribution in [0.3, 0.4) is 0 Å². The van der Waals surface area contributed by atoms with Crippen LogP contribution in [-0.4, -0.2) is 41.1 Å². The highest BCUT2D eigenvalue weighted by Gasteiger charge is 2.25. The number of piperidine rings is 1. The summed E-state index contributed by atoms with van der Waals surface area (Å²) >= 11 is 6.10. The standard InChI is InChI=1S/C14H22ClN5/c1-2-11-6-9-20(10-11)14-17-12(15)16-13(18-14)19-7-4-3-5-8-19/h11H,2-10H2,1H3. The minimum atomic E-state index is 0.315. The molecular formula is C14H22ClN5. The molecular weight excluding hydrogens is 274 g/mol. The van der Waals surface area contributed by atoms with Crippen LogP contribution in [0.1, 0.15) is 39.0 Å². The largest absolute Gasteiger partial charge is 0.341 e. The topological polar surface area (TPSA) is 45.2 Å². The molecule has 6 heteroatoms.